The summed E-state index contributed by atoms with van der Waals surface area (Å²) >= 11 is 0. The Morgan fingerprint density at radius 3 is 2.40 bits per heavy atom. The van der Waals surface area contributed by atoms with Gasteiger partial charge in [-0.25, -0.2) is 12.8 Å². The molecule has 114 valence electrons. The first-order valence-electron chi connectivity index (χ1n) is 6.36. The summed E-state index contributed by atoms with van der Waals surface area (Å²) in [5.74, 6) is -0.351. The number of hydrogen-bond acceptors (Lipinski definition) is 3. The van der Waals surface area contributed by atoms with Crippen LogP contribution in [0, 0.1) is 19.7 Å². The molecule has 0 amide bonds. The second-order valence-electron chi connectivity index (χ2n) is 5.02. The van der Waals surface area contributed by atoms with Crippen molar-refractivity contribution in [2.24, 2.45) is 5.73 Å². The van der Waals surface area contributed by atoms with Crippen LogP contribution in [0.5, 0.6) is 0 Å². The first-order valence-corrected chi connectivity index (χ1v) is 7.80. The molecule has 7 heteroatoms. The third-order valence-corrected chi connectivity index (χ3v) is 5.54. The maximum atomic E-state index is 13.6. The molecule has 2 rings (SSSR count). The summed E-state index contributed by atoms with van der Waals surface area (Å²) in [5, 5.41) is 0. The van der Waals surface area contributed by atoms with Crippen LogP contribution in [0.3, 0.4) is 0 Å². The molecule has 0 saturated carbocycles. The van der Waals surface area contributed by atoms with Gasteiger partial charge in [-0.1, -0.05) is 0 Å². The number of sulfonamides is 1. The van der Waals surface area contributed by atoms with E-state index in [4.69, 9.17) is 5.73 Å². The van der Waals surface area contributed by atoms with E-state index in [2.05, 4.69) is 0 Å². The molecule has 1 atom stereocenters. The largest absolute Gasteiger partial charge is 0.329 e. The second kappa shape index (κ2) is 6.39. The first-order chi connectivity index (χ1) is 8.87. The molecule has 20 heavy (non-hydrogen) atoms. The third kappa shape index (κ3) is 2.98. The lowest BCUT2D eigenvalue weighted by molar-refractivity contribution is 0.393. The average Bonchev–Trinajstić information content (AvgIpc) is 2.84. The fraction of sp³-hybridized carbons (Fsp3) is 0.538. The summed E-state index contributed by atoms with van der Waals surface area (Å²) in [6, 6.07) is 2.64. The minimum Gasteiger partial charge on any atom is -0.329 e. The minimum absolute atomic E-state index is 0. The molecule has 0 radical (unpaired) electrons. The highest BCUT2D eigenvalue weighted by molar-refractivity contribution is 7.89. The number of benzene rings is 1. The molecule has 1 unspecified atom stereocenters. The maximum absolute atomic E-state index is 13.6. The molecule has 1 aromatic rings. The van der Waals surface area contributed by atoms with E-state index < -0.39 is 10.0 Å². The fourth-order valence-corrected chi connectivity index (χ4v) is 4.43. The number of halogens is 2. The molecular weight excluding hydrogens is 303 g/mol. The van der Waals surface area contributed by atoms with Crippen molar-refractivity contribution in [3.63, 3.8) is 0 Å². The van der Waals surface area contributed by atoms with Gasteiger partial charge >= 0.3 is 0 Å². The molecule has 0 aromatic heterocycles. The van der Waals surface area contributed by atoms with Crippen LogP contribution < -0.4 is 5.73 Å². The van der Waals surface area contributed by atoms with Crippen LogP contribution in [0.2, 0.25) is 0 Å². The van der Waals surface area contributed by atoms with E-state index in [1.807, 2.05) is 0 Å². The monoisotopic (exact) mass is 322 g/mol. The van der Waals surface area contributed by atoms with Crippen molar-refractivity contribution < 1.29 is 12.8 Å². The zero-order valence-corrected chi connectivity index (χ0v) is 13.2. The summed E-state index contributed by atoms with van der Waals surface area (Å²) in [7, 11) is -3.58. The van der Waals surface area contributed by atoms with Gasteiger partial charge in [0.15, 0.2) is 0 Å². The lowest BCUT2D eigenvalue weighted by Crippen LogP contribution is -2.39. The lowest BCUT2D eigenvalue weighted by Gasteiger charge is -2.23. The highest BCUT2D eigenvalue weighted by Crippen LogP contribution is 2.27. The maximum Gasteiger partial charge on any atom is 0.243 e. The summed E-state index contributed by atoms with van der Waals surface area (Å²) in [6.07, 6.45) is 1.61. The van der Waals surface area contributed by atoms with Crippen LogP contribution in [-0.4, -0.2) is 31.9 Å². The van der Waals surface area contributed by atoms with Gasteiger partial charge in [0.1, 0.15) is 5.82 Å². The van der Waals surface area contributed by atoms with Gasteiger partial charge in [0.2, 0.25) is 10.0 Å². The standard InChI is InChI=1S/C13H19FN2O2S.ClH/c1-9-6-12(7-10(2)13(9)14)19(17,18)16-5-3-4-11(16)8-15;/h6-7,11H,3-5,8,15H2,1-2H3;1H. The van der Waals surface area contributed by atoms with E-state index in [1.54, 1.807) is 13.8 Å². The number of aryl methyl sites for hydroxylation is 2. The van der Waals surface area contributed by atoms with Gasteiger partial charge in [-0.3, -0.25) is 0 Å². The zero-order valence-electron chi connectivity index (χ0n) is 11.6. The van der Waals surface area contributed by atoms with Crippen LogP contribution in [0.25, 0.3) is 0 Å². The van der Waals surface area contributed by atoms with E-state index in [0.717, 1.165) is 12.8 Å². The van der Waals surface area contributed by atoms with Gasteiger partial charge in [-0.05, 0) is 49.9 Å². The second-order valence-corrected chi connectivity index (χ2v) is 6.91. The van der Waals surface area contributed by atoms with Crippen molar-refractivity contribution >= 4 is 22.4 Å². The predicted molar refractivity (Wildman–Crippen MR) is 79.1 cm³/mol. The molecule has 1 aliphatic heterocycles. The van der Waals surface area contributed by atoms with E-state index in [9.17, 15) is 12.8 Å². The first kappa shape index (κ1) is 17.4. The Labute approximate surface area is 125 Å². The Morgan fingerprint density at radius 2 is 1.90 bits per heavy atom. The molecule has 0 spiro atoms. The normalized spacial score (nSPS) is 19.9. The Kier molecular flexibility index (Phi) is 5.54. The smallest absolute Gasteiger partial charge is 0.243 e. The molecule has 0 aliphatic carbocycles. The van der Waals surface area contributed by atoms with Crippen LogP contribution in [0.15, 0.2) is 17.0 Å². The molecular formula is C13H20ClFN2O2S. The molecule has 1 saturated heterocycles. The fourth-order valence-electron chi connectivity index (χ4n) is 2.55. The van der Waals surface area contributed by atoms with Crippen molar-refractivity contribution in [3.05, 3.63) is 29.1 Å². The van der Waals surface area contributed by atoms with Crippen molar-refractivity contribution in [2.45, 2.75) is 37.6 Å². The third-order valence-electron chi connectivity index (χ3n) is 3.61. The van der Waals surface area contributed by atoms with Crippen molar-refractivity contribution in [2.75, 3.05) is 13.1 Å². The predicted octanol–water partition coefficient (Wildman–Crippen LogP) is 1.98. The van der Waals surface area contributed by atoms with Crippen LogP contribution in [0.1, 0.15) is 24.0 Å². The van der Waals surface area contributed by atoms with Crippen molar-refractivity contribution in [1.82, 2.24) is 4.31 Å². The van der Waals surface area contributed by atoms with E-state index >= 15 is 0 Å². The van der Waals surface area contributed by atoms with Crippen LogP contribution in [0.4, 0.5) is 4.39 Å². The van der Waals surface area contributed by atoms with Crippen molar-refractivity contribution in [3.8, 4) is 0 Å². The highest BCUT2D eigenvalue weighted by atomic mass is 35.5. The Hall–Kier alpha value is -0.690. The number of hydrogen-bond donors (Lipinski definition) is 1. The van der Waals surface area contributed by atoms with Gasteiger partial charge in [0.25, 0.3) is 0 Å². The molecule has 1 fully saturated rings. The molecule has 4 nitrogen and oxygen atoms in total. The topological polar surface area (TPSA) is 63.4 Å². The molecule has 1 aliphatic rings. The van der Waals surface area contributed by atoms with Gasteiger partial charge in [-0.15, -0.1) is 12.4 Å². The summed E-state index contributed by atoms with van der Waals surface area (Å²) < 4.78 is 40.2. The highest BCUT2D eigenvalue weighted by Gasteiger charge is 2.34. The summed E-state index contributed by atoms with van der Waals surface area (Å²) in [4.78, 5) is 0.157. The summed E-state index contributed by atoms with van der Waals surface area (Å²) in [5.41, 5.74) is 6.32. The molecule has 0 bridgehead atoms. The number of rotatable bonds is 3. The number of nitrogens with two attached hydrogens (primary N) is 1. The van der Waals surface area contributed by atoms with E-state index in [1.165, 1.54) is 16.4 Å². The molecule has 2 N–H and O–H groups in total. The molecule has 1 heterocycles. The summed E-state index contributed by atoms with van der Waals surface area (Å²) in [6.45, 7) is 3.95. The van der Waals surface area contributed by atoms with Gasteiger partial charge in [0, 0.05) is 19.1 Å². The Balaban J connectivity index is 0.00000200. The average molecular weight is 323 g/mol. The number of nitrogens with zero attached hydrogens (tertiary/aromatic N) is 1. The van der Waals surface area contributed by atoms with E-state index in [-0.39, 0.29) is 29.2 Å². The quantitative estimate of drug-likeness (QED) is 0.925. The zero-order chi connectivity index (χ0) is 14.2. The van der Waals surface area contributed by atoms with Gasteiger partial charge in [-0.2, -0.15) is 4.31 Å². The van der Waals surface area contributed by atoms with Crippen LogP contribution >= 0.6 is 12.4 Å². The van der Waals surface area contributed by atoms with Gasteiger partial charge in [0.05, 0.1) is 4.90 Å². The minimum atomic E-state index is -3.58. The van der Waals surface area contributed by atoms with Crippen LogP contribution in [-0.2, 0) is 10.0 Å². The van der Waals surface area contributed by atoms with Gasteiger partial charge < -0.3 is 5.73 Å². The van der Waals surface area contributed by atoms with Crippen molar-refractivity contribution in [1.29, 1.82) is 0 Å². The SMILES string of the molecule is Cc1cc(S(=O)(=O)N2CCCC2CN)cc(C)c1F.Cl. The Morgan fingerprint density at radius 1 is 1.35 bits per heavy atom. The Bertz CT molecular complexity index is 569. The lowest BCUT2D eigenvalue weighted by atomic mass is 10.1. The molecule has 1 aromatic carbocycles. The van der Waals surface area contributed by atoms with E-state index in [0.29, 0.717) is 24.2 Å².